The van der Waals surface area contributed by atoms with E-state index in [9.17, 15) is 4.39 Å². The first kappa shape index (κ1) is 13.6. The predicted molar refractivity (Wildman–Crippen MR) is 80.9 cm³/mol. The van der Waals surface area contributed by atoms with Gasteiger partial charge in [0.05, 0.1) is 17.4 Å². The Kier molecular flexibility index (Phi) is 3.60. The lowest BCUT2D eigenvalue weighted by Crippen LogP contribution is -2.09. The Morgan fingerprint density at radius 1 is 1.24 bits per heavy atom. The normalized spacial score (nSPS) is 11.2. The molecule has 0 atom stereocenters. The molecule has 3 aromatic rings. The van der Waals surface area contributed by atoms with Gasteiger partial charge in [-0.1, -0.05) is 12.1 Å². The molecule has 0 saturated heterocycles. The second-order valence-corrected chi connectivity index (χ2v) is 5.25. The van der Waals surface area contributed by atoms with Crippen LogP contribution in [0.1, 0.15) is 25.6 Å². The van der Waals surface area contributed by atoms with Crippen LogP contribution in [0.2, 0.25) is 0 Å². The highest BCUT2D eigenvalue weighted by Gasteiger charge is 2.15. The molecule has 0 N–H and O–H groups in total. The lowest BCUT2D eigenvalue weighted by molar-refractivity contribution is 0.292. The maximum absolute atomic E-state index is 14.1. The summed E-state index contributed by atoms with van der Waals surface area (Å²) in [6.45, 7) is 4.47. The quantitative estimate of drug-likeness (QED) is 0.712. The van der Waals surface area contributed by atoms with Crippen LogP contribution in [-0.4, -0.2) is 9.55 Å². The smallest absolute Gasteiger partial charge is 0.147 e. The number of hydrogen-bond donors (Lipinski definition) is 0. The van der Waals surface area contributed by atoms with E-state index in [1.54, 1.807) is 18.5 Å². The Hall–Kier alpha value is -2.36. The topological polar surface area (TPSA) is 27.1 Å². The molecule has 4 heteroatoms. The third-order valence-electron chi connectivity index (χ3n) is 3.43. The SMILES string of the molecule is CC(C)n1c(COc2cccnc2)cc2cccc(F)c21. The van der Waals surface area contributed by atoms with Gasteiger partial charge in [-0.05, 0) is 38.1 Å². The fourth-order valence-electron chi connectivity index (χ4n) is 2.59. The minimum atomic E-state index is -0.200. The number of pyridine rings is 1. The number of nitrogens with zero attached hydrogens (tertiary/aromatic N) is 2. The highest BCUT2D eigenvalue weighted by molar-refractivity contribution is 5.82. The Morgan fingerprint density at radius 3 is 2.81 bits per heavy atom. The molecule has 3 nitrogen and oxygen atoms in total. The van der Waals surface area contributed by atoms with E-state index in [0.29, 0.717) is 17.9 Å². The molecule has 3 rings (SSSR count). The van der Waals surface area contributed by atoms with Crippen molar-refractivity contribution in [3.63, 3.8) is 0 Å². The van der Waals surface area contributed by atoms with E-state index in [2.05, 4.69) is 4.98 Å². The second-order valence-electron chi connectivity index (χ2n) is 5.25. The lowest BCUT2D eigenvalue weighted by atomic mass is 10.2. The standard InChI is InChI=1S/C17H17FN2O/c1-12(2)20-14(11-21-15-6-4-8-19-10-15)9-13-5-3-7-16(18)17(13)20/h3-10,12H,11H2,1-2H3. The second kappa shape index (κ2) is 5.56. The van der Waals surface area contributed by atoms with Gasteiger partial charge in [0.15, 0.2) is 0 Å². The molecule has 108 valence electrons. The summed E-state index contributed by atoms with van der Waals surface area (Å²) >= 11 is 0. The van der Waals surface area contributed by atoms with Crippen molar-refractivity contribution in [1.29, 1.82) is 0 Å². The summed E-state index contributed by atoms with van der Waals surface area (Å²) < 4.78 is 21.8. The number of halogens is 1. The van der Waals surface area contributed by atoms with Crippen LogP contribution in [0.15, 0.2) is 48.8 Å². The molecule has 0 radical (unpaired) electrons. The number of para-hydroxylation sites is 1. The predicted octanol–water partition coefficient (Wildman–Crippen LogP) is 4.34. The molecule has 0 amide bonds. The van der Waals surface area contributed by atoms with Crippen molar-refractivity contribution in [2.45, 2.75) is 26.5 Å². The lowest BCUT2D eigenvalue weighted by Gasteiger charge is -2.15. The van der Waals surface area contributed by atoms with Crippen molar-refractivity contribution in [3.05, 3.63) is 60.3 Å². The zero-order valence-electron chi connectivity index (χ0n) is 12.1. The molecule has 0 bridgehead atoms. The number of hydrogen-bond acceptors (Lipinski definition) is 2. The number of benzene rings is 1. The molecule has 0 saturated carbocycles. The summed E-state index contributed by atoms with van der Waals surface area (Å²) in [6.07, 6.45) is 3.37. The van der Waals surface area contributed by atoms with Crippen LogP contribution in [0, 0.1) is 5.82 Å². The molecule has 0 aliphatic rings. The van der Waals surface area contributed by atoms with Crippen LogP contribution in [0.4, 0.5) is 4.39 Å². The number of rotatable bonds is 4. The molecule has 0 aliphatic heterocycles. The third kappa shape index (κ3) is 2.61. The van der Waals surface area contributed by atoms with Crippen LogP contribution in [0.5, 0.6) is 5.75 Å². The molecule has 0 spiro atoms. The number of aromatic nitrogens is 2. The van der Waals surface area contributed by atoms with Crippen molar-refractivity contribution in [2.75, 3.05) is 0 Å². The zero-order chi connectivity index (χ0) is 14.8. The first-order valence-electron chi connectivity index (χ1n) is 6.98. The summed E-state index contributed by atoms with van der Waals surface area (Å²) in [4.78, 5) is 4.02. The van der Waals surface area contributed by atoms with Crippen LogP contribution in [0.25, 0.3) is 10.9 Å². The summed E-state index contributed by atoms with van der Waals surface area (Å²) in [5, 5.41) is 0.897. The molecule has 2 heterocycles. The highest BCUT2D eigenvalue weighted by atomic mass is 19.1. The zero-order valence-corrected chi connectivity index (χ0v) is 12.1. The number of fused-ring (bicyclic) bond motifs is 1. The Bertz CT molecular complexity index is 750. The van der Waals surface area contributed by atoms with Gasteiger partial charge in [0.25, 0.3) is 0 Å². The van der Waals surface area contributed by atoms with Gasteiger partial charge in [0.1, 0.15) is 18.2 Å². The minimum absolute atomic E-state index is 0.159. The molecule has 0 fully saturated rings. The van der Waals surface area contributed by atoms with Crippen LogP contribution in [0.3, 0.4) is 0 Å². The molecular formula is C17H17FN2O. The summed E-state index contributed by atoms with van der Waals surface area (Å²) in [5.41, 5.74) is 1.59. The van der Waals surface area contributed by atoms with Crippen molar-refractivity contribution in [3.8, 4) is 5.75 Å². The Morgan fingerprint density at radius 2 is 2.10 bits per heavy atom. The molecule has 2 aromatic heterocycles. The Labute approximate surface area is 123 Å². The average molecular weight is 284 g/mol. The fraction of sp³-hybridized carbons (Fsp3) is 0.235. The maximum Gasteiger partial charge on any atom is 0.147 e. The van der Waals surface area contributed by atoms with Gasteiger partial charge in [-0.3, -0.25) is 4.98 Å². The van der Waals surface area contributed by atoms with E-state index < -0.39 is 0 Å². The average Bonchev–Trinajstić information content (AvgIpc) is 2.86. The van der Waals surface area contributed by atoms with Crippen LogP contribution in [-0.2, 0) is 6.61 Å². The third-order valence-corrected chi connectivity index (χ3v) is 3.43. The summed E-state index contributed by atoms with van der Waals surface area (Å²) in [6, 6.07) is 11.0. The Balaban J connectivity index is 1.98. The van der Waals surface area contributed by atoms with Crippen molar-refractivity contribution < 1.29 is 9.13 Å². The largest absolute Gasteiger partial charge is 0.486 e. The monoisotopic (exact) mass is 284 g/mol. The molecule has 1 aromatic carbocycles. The molecular weight excluding hydrogens is 267 g/mol. The van der Waals surface area contributed by atoms with Gasteiger partial charge in [-0.2, -0.15) is 0 Å². The van der Waals surface area contributed by atoms with Gasteiger partial charge in [-0.15, -0.1) is 0 Å². The van der Waals surface area contributed by atoms with Crippen molar-refractivity contribution >= 4 is 10.9 Å². The van der Waals surface area contributed by atoms with Crippen molar-refractivity contribution in [1.82, 2.24) is 9.55 Å². The molecule has 0 unspecified atom stereocenters. The van der Waals surface area contributed by atoms with E-state index >= 15 is 0 Å². The van der Waals surface area contributed by atoms with Crippen LogP contribution >= 0.6 is 0 Å². The van der Waals surface area contributed by atoms with E-state index in [0.717, 1.165) is 11.1 Å². The van der Waals surface area contributed by atoms with Gasteiger partial charge in [0.2, 0.25) is 0 Å². The molecule has 21 heavy (non-hydrogen) atoms. The number of ether oxygens (including phenoxy) is 1. The van der Waals surface area contributed by atoms with E-state index in [4.69, 9.17) is 4.74 Å². The van der Waals surface area contributed by atoms with E-state index in [1.807, 2.05) is 42.7 Å². The first-order chi connectivity index (χ1) is 10.2. The van der Waals surface area contributed by atoms with Gasteiger partial charge in [-0.25, -0.2) is 4.39 Å². The van der Waals surface area contributed by atoms with Gasteiger partial charge < -0.3 is 9.30 Å². The minimum Gasteiger partial charge on any atom is -0.486 e. The van der Waals surface area contributed by atoms with E-state index in [-0.39, 0.29) is 11.9 Å². The van der Waals surface area contributed by atoms with E-state index in [1.165, 1.54) is 6.07 Å². The maximum atomic E-state index is 14.1. The highest BCUT2D eigenvalue weighted by Crippen LogP contribution is 2.27. The fourth-order valence-corrected chi connectivity index (χ4v) is 2.59. The van der Waals surface area contributed by atoms with Gasteiger partial charge >= 0.3 is 0 Å². The summed E-state index contributed by atoms with van der Waals surface area (Å²) in [5.74, 6) is 0.507. The summed E-state index contributed by atoms with van der Waals surface area (Å²) in [7, 11) is 0. The molecule has 0 aliphatic carbocycles. The van der Waals surface area contributed by atoms with Gasteiger partial charge in [0, 0.05) is 17.6 Å². The first-order valence-corrected chi connectivity index (χ1v) is 6.98. The van der Waals surface area contributed by atoms with Crippen LogP contribution < -0.4 is 4.74 Å². The van der Waals surface area contributed by atoms with Crippen molar-refractivity contribution in [2.24, 2.45) is 0 Å².